The fourth-order valence-electron chi connectivity index (χ4n) is 1.71. The summed E-state index contributed by atoms with van der Waals surface area (Å²) in [6, 6.07) is 10.2. The van der Waals surface area contributed by atoms with E-state index in [1.165, 1.54) is 12.1 Å². The minimum absolute atomic E-state index is 0.0429. The quantitative estimate of drug-likeness (QED) is 0.806. The fraction of sp³-hybridized carbons (Fsp3) is 0.143. The maximum atomic E-state index is 9.71. The van der Waals surface area contributed by atoms with Crippen molar-refractivity contribution in [1.29, 1.82) is 0 Å². The molecule has 2 rings (SSSR count). The summed E-state index contributed by atoms with van der Waals surface area (Å²) >= 11 is 3.40. The molecule has 0 aliphatic heterocycles. The molecule has 0 fully saturated rings. The molecule has 19 heavy (non-hydrogen) atoms. The van der Waals surface area contributed by atoms with Crippen LogP contribution in [0.1, 0.15) is 5.56 Å². The third-order valence-electron chi connectivity index (χ3n) is 2.70. The summed E-state index contributed by atoms with van der Waals surface area (Å²) in [7, 11) is 1.60. The maximum absolute atomic E-state index is 9.71. The van der Waals surface area contributed by atoms with Crippen LogP contribution in [-0.4, -0.2) is 17.3 Å². The number of hydrogen-bond donors (Lipinski definition) is 3. The van der Waals surface area contributed by atoms with Crippen molar-refractivity contribution < 1.29 is 14.9 Å². The number of phenols is 2. The summed E-state index contributed by atoms with van der Waals surface area (Å²) in [6.45, 7) is 0.429. The van der Waals surface area contributed by atoms with Gasteiger partial charge in [-0.2, -0.15) is 0 Å². The number of halogens is 1. The molecule has 4 nitrogen and oxygen atoms in total. The van der Waals surface area contributed by atoms with Crippen LogP contribution in [0.2, 0.25) is 0 Å². The molecule has 5 heteroatoms. The Kier molecular flexibility index (Phi) is 4.16. The smallest absolute Gasteiger partial charge is 0.142 e. The van der Waals surface area contributed by atoms with Crippen LogP contribution >= 0.6 is 15.9 Å². The lowest BCUT2D eigenvalue weighted by Gasteiger charge is -2.12. The first-order valence-corrected chi connectivity index (χ1v) is 6.47. The van der Waals surface area contributed by atoms with Gasteiger partial charge in [0.2, 0.25) is 0 Å². The molecule has 3 N–H and O–H groups in total. The monoisotopic (exact) mass is 323 g/mol. The molecular weight excluding hydrogens is 310 g/mol. The average molecular weight is 324 g/mol. The topological polar surface area (TPSA) is 61.7 Å². The van der Waals surface area contributed by atoms with Gasteiger partial charge in [-0.3, -0.25) is 0 Å². The van der Waals surface area contributed by atoms with Gasteiger partial charge in [0.05, 0.1) is 12.8 Å². The van der Waals surface area contributed by atoms with E-state index in [2.05, 4.69) is 21.2 Å². The zero-order valence-electron chi connectivity index (χ0n) is 10.4. The molecule has 0 aliphatic carbocycles. The van der Waals surface area contributed by atoms with E-state index in [1.54, 1.807) is 13.2 Å². The summed E-state index contributed by atoms with van der Waals surface area (Å²) in [6.07, 6.45) is 0. The highest BCUT2D eigenvalue weighted by atomic mass is 79.9. The Bertz CT molecular complexity index is 587. The van der Waals surface area contributed by atoms with Crippen LogP contribution in [0.5, 0.6) is 17.2 Å². The Morgan fingerprint density at radius 3 is 2.63 bits per heavy atom. The van der Waals surface area contributed by atoms with Gasteiger partial charge in [0.1, 0.15) is 17.2 Å². The van der Waals surface area contributed by atoms with Crippen molar-refractivity contribution in [3.8, 4) is 17.2 Å². The zero-order valence-corrected chi connectivity index (χ0v) is 11.9. The van der Waals surface area contributed by atoms with Gasteiger partial charge in [0.15, 0.2) is 0 Å². The molecule has 0 spiro atoms. The van der Waals surface area contributed by atoms with Gasteiger partial charge in [-0.15, -0.1) is 0 Å². The zero-order chi connectivity index (χ0) is 13.8. The van der Waals surface area contributed by atoms with E-state index in [1.807, 2.05) is 18.2 Å². The highest BCUT2D eigenvalue weighted by molar-refractivity contribution is 9.10. The molecule has 0 bridgehead atoms. The molecule has 0 radical (unpaired) electrons. The van der Waals surface area contributed by atoms with Crippen molar-refractivity contribution in [3.05, 3.63) is 46.4 Å². The Hall–Kier alpha value is -1.88. The van der Waals surface area contributed by atoms with Crippen molar-refractivity contribution >= 4 is 21.6 Å². The molecule has 0 atom stereocenters. The van der Waals surface area contributed by atoms with Crippen LogP contribution < -0.4 is 10.1 Å². The highest BCUT2D eigenvalue weighted by Crippen LogP contribution is 2.29. The molecule has 0 saturated carbocycles. The molecular formula is C14H14BrNO3. The Morgan fingerprint density at radius 1 is 1.16 bits per heavy atom. The van der Waals surface area contributed by atoms with Crippen LogP contribution in [0, 0.1) is 0 Å². The number of anilines is 1. The standard InChI is InChI=1S/C14H14BrNO3/c1-19-14-5-3-10(15)6-12(14)16-8-9-2-4-11(17)7-13(9)18/h2-7,16-18H,8H2,1H3. The van der Waals surface area contributed by atoms with Crippen LogP contribution in [0.4, 0.5) is 5.69 Å². The highest BCUT2D eigenvalue weighted by Gasteiger charge is 2.06. The Labute approximate surface area is 119 Å². The van der Waals surface area contributed by atoms with E-state index in [4.69, 9.17) is 4.74 Å². The SMILES string of the molecule is COc1ccc(Br)cc1NCc1ccc(O)cc1O. The largest absolute Gasteiger partial charge is 0.508 e. The lowest BCUT2D eigenvalue weighted by Crippen LogP contribution is -2.01. The van der Waals surface area contributed by atoms with E-state index in [-0.39, 0.29) is 11.5 Å². The summed E-state index contributed by atoms with van der Waals surface area (Å²) in [5.74, 6) is 0.823. The first kappa shape index (κ1) is 13.5. The lowest BCUT2D eigenvalue weighted by molar-refractivity contribution is 0.416. The van der Waals surface area contributed by atoms with Crippen LogP contribution in [0.15, 0.2) is 40.9 Å². The average Bonchev–Trinajstić information content (AvgIpc) is 2.38. The van der Waals surface area contributed by atoms with Gasteiger partial charge in [-0.25, -0.2) is 0 Å². The second kappa shape index (κ2) is 5.84. The van der Waals surface area contributed by atoms with E-state index in [0.717, 1.165) is 15.9 Å². The van der Waals surface area contributed by atoms with Crippen molar-refractivity contribution in [1.82, 2.24) is 0 Å². The predicted octanol–water partition coefficient (Wildman–Crippen LogP) is 3.48. The molecule has 0 unspecified atom stereocenters. The summed E-state index contributed by atoms with van der Waals surface area (Å²) < 4.78 is 6.19. The van der Waals surface area contributed by atoms with Crippen LogP contribution in [0.3, 0.4) is 0 Å². The van der Waals surface area contributed by atoms with E-state index >= 15 is 0 Å². The third kappa shape index (κ3) is 3.32. The van der Waals surface area contributed by atoms with Crippen molar-refractivity contribution in [2.45, 2.75) is 6.54 Å². The molecule has 0 aliphatic rings. The third-order valence-corrected chi connectivity index (χ3v) is 3.19. The lowest BCUT2D eigenvalue weighted by atomic mass is 10.2. The molecule has 100 valence electrons. The first-order chi connectivity index (χ1) is 9.10. The van der Waals surface area contributed by atoms with Gasteiger partial charge in [-0.1, -0.05) is 15.9 Å². The van der Waals surface area contributed by atoms with Crippen LogP contribution in [0.25, 0.3) is 0 Å². The Balaban J connectivity index is 2.16. The van der Waals surface area contributed by atoms with Gasteiger partial charge in [0, 0.05) is 22.6 Å². The van der Waals surface area contributed by atoms with Crippen molar-refractivity contribution in [3.63, 3.8) is 0 Å². The van der Waals surface area contributed by atoms with Gasteiger partial charge in [-0.05, 0) is 30.3 Å². The van der Waals surface area contributed by atoms with Crippen molar-refractivity contribution in [2.75, 3.05) is 12.4 Å². The second-order valence-corrected chi connectivity index (χ2v) is 4.93. The number of ether oxygens (including phenoxy) is 1. The molecule has 0 heterocycles. The fourth-order valence-corrected chi connectivity index (χ4v) is 2.07. The van der Waals surface area contributed by atoms with Crippen LogP contribution in [-0.2, 0) is 6.54 Å². The maximum Gasteiger partial charge on any atom is 0.142 e. The predicted molar refractivity (Wildman–Crippen MR) is 77.8 cm³/mol. The number of nitrogens with one attached hydrogen (secondary N) is 1. The minimum Gasteiger partial charge on any atom is -0.508 e. The summed E-state index contributed by atoms with van der Waals surface area (Å²) in [5, 5.41) is 22.1. The Morgan fingerprint density at radius 2 is 1.95 bits per heavy atom. The number of rotatable bonds is 4. The van der Waals surface area contributed by atoms with Gasteiger partial charge < -0.3 is 20.3 Å². The van der Waals surface area contributed by atoms with Gasteiger partial charge >= 0.3 is 0 Å². The number of benzene rings is 2. The van der Waals surface area contributed by atoms with Crippen molar-refractivity contribution in [2.24, 2.45) is 0 Å². The van der Waals surface area contributed by atoms with E-state index < -0.39 is 0 Å². The van der Waals surface area contributed by atoms with E-state index in [9.17, 15) is 10.2 Å². The second-order valence-electron chi connectivity index (χ2n) is 4.01. The normalized spacial score (nSPS) is 10.2. The van der Waals surface area contributed by atoms with E-state index in [0.29, 0.717) is 12.1 Å². The number of aromatic hydroxyl groups is 2. The number of hydrogen-bond acceptors (Lipinski definition) is 4. The summed E-state index contributed by atoms with van der Waals surface area (Å²) in [5.41, 5.74) is 1.52. The molecule has 0 aromatic heterocycles. The number of methoxy groups -OCH3 is 1. The minimum atomic E-state index is 0.0429. The molecule has 2 aromatic rings. The molecule has 0 amide bonds. The van der Waals surface area contributed by atoms with Gasteiger partial charge in [0.25, 0.3) is 0 Å². The molecule has 2 aromatic carbocycles. The number of phenolic OH excluding ortho intramolecular Hbond substituents is 2. The first-order valence-electron chi connectivity index (χ1n) is 5.68. The molecule has 0 saturated heterocycles. The summed E-state index contributed by atoms with van der Waals surface area (Å²) in [4.78, 5) is 0.